The molecule has 0 atom stereocenters. The van der Waals surface area contributed by atoms with Crippen LogP contribution in [0.4, 0.5) is 0 Å². The number of carboxylic acid groups (broad SMARTS) is 1. The molecule has 0 bridgehead atoms. The molecule has 0 aliphatic carbocycles. The van der Waals surface area contributed by atoms with Crippen LogP contribution in [0, 0.1) is 0 Å². The number of unbranched alkanes of at least 4 members (excludes halogenated alkanes) is 10. The lowest BCUT2D eigenvalue weighted by atomic mass is 10.1. The average molecular weight is 314 g/mol. The first-order valence-electron chi connectivity index (χ1n) is 8.54. The number of hydrogen-bond donors (Lipinski definition) is 1. The Morgan fingerprint density at radius 2 is 1.32 bits per heavy atom. The summed E-state index contributed by atoms with van der Waals surface area (Å²) in [7, 11) is 0. The Morgan fingerprint density at radius 3 is 1.59 bits per heavy atom. The monoisotopic (exact) mass is 314 g/mol. The highest BCUT2D eigenvalue weighted by atomic mass is 16.5. The van der Waals surface area contributed by atoms with Crippen molar-refractivity contribution in [3.63, 3.8) is 0 Å². The third-order valence-corrected chi connectivity index (χ3v) is 3.24. The Morgan fingerprint density at radius 1 is 0.909 bits per heavy atom. The van der Waals surface area contributed by atoms with Crippen molar-refractivity contribution in [3.05, 3.63) is 12.8 Å². The molecule has 0 rings (SSSR count). The lowest BCUT2D eigenvalue weighted by Crippen LogP contribution is -1.93. The molecule has 4 nitrogen and oxygen atoms in total. The smallest absolute Gasteiger partial charge is 0.307 e. The van der Waals surface area contributed by atoms with Crippen LogP contribution in [0.1, 0.15) is 90.9 Å². The summed E-state index contributed by atoms with van der Waals surface area (Å²) in [6.07, 6.45) is 15.5. The van der Waals surface area contributed by atoms with Gasteiger partial charge in [-0.1, -0.05) is 77.7 Å². The molecule has 0 aromatic heterocycles. The zero-order valence-electron chi connectivity index (χ0n) is 14.4. The third-order valence-electron chi connectivity index (χ3n) is 3.24. The second-order valence-electron chi connectivity index (χ2n) is 5.46. The van der Waals surface area contributed by atoms with E-state index in [-0.39, 0.29) is 5.97 Å². The molecule has 1 N–H and O–H groups in total. The molecule has 0 aromatic carbocycles. The van der Waals surface area contributed by atoms with E-state index in [1.807, 2.05) is 0 Å². The highest BCUT2D eigenvalue weighted by Gasteiger charge is 1.96. The first kappa shape index (κ1) is 23.0. The summed E-state index contributed by atoms with van der Waals surface area (Å²) >= 11 is 0. The number of hydrogen-bond acceptors (Lipinski definition) is 3. The summed E-state index contributed by atoms with van der Waals surface area (Å²) in [5.74, 6) is -0.985. The van der Waals surface area contributed by atoms with Gasteiger partial charge in [0.15, 0.2) is 0 Å². The van der Waals surface area contributed by atoms with Crippen LogP contribution in [0.2, 0.25) is 0 Å². The number of esters is 1. The minimum absolute atomic E-state index is 0.329. The summed E-state index contributed by atoms with van der Waals surface area (Å²) in [5, 5.41) is 8.46. The van der Waals surface area contributed by atoms with E-state index in [1.165, 1.54) is 64.7 Å². The Labute approximate surface area is 135 Å². The van der Waals surface area contributed by atoms with E-state index in [1.54, 1.807) is 0 Å². The van der Waals surface area contributed by atoms with Crippen LogP contribution in [0.3, 0.4) is 0 Å². The van der Waals surface area contributed by atoms with Crippen LogP contribution in [0.25, 0.3) is 0 Å². The van der Waals surface area contributed by atoms with Crippen LogP contribution in [-0.2, 0) is 14.3 Å². The van der Waals surface area contributed by atoms with Gasteiger partial charge in [-0.3, -0.25) is 9.59 Å². The first-order chi connectivity index (χ1) is 10.5. The van der Waals surface area contributed by atoms with Gasteiger partial charge in [-0.05, 0) is 6.42 Å². The third kappa shape index (κ3) is 27.1. The van der Waals surface area contributed by atoms with Crippen LogP contribution in [0.15, 0.2) is 12.8 Å². The largest absolute Gasteiger partial charge is 0.481 e. The summed E-state index contributed by atoms with van der Waals surface area (Å²) < 4.78 is 4.17. The van der Waals surface area contributed by atoms with Crippen LogP contribution < -0.4 is 0 Å². The Bertz CT molecular complexity index is 274. The second kappa shape index (κ2) is 19.7. The number of carbonyl (C=O) groups excluding carboxylic acids is 1. The van der Waals surface area contributed by atoms with E-state index in [2.05, 4.69) is 18.2 Å². The fourth-order valence-electron chi connectivity index (χ4n) is 2.06. The summed E-state index contributed by atoms with van der Waals surface area (Å²) in [4.78, 5) is 20.0. The van der Waals surface area contributed by atoms with Gasteiger partial charge in [0.25, 0.3) is 0 Å². The van der Waals surface area contributed by atoms with Gasteiger partial charge in [0.05, 0.1) is 6.26 Å². The predicted octanol–water partition coefficient (Wildman–Crippen LogP) is 5.47. The van der Waals surface area contributed by atoms with E-state index >= 15 is 0 Å². The topological polar surface area (TPSA) is 63.6 Å². The van der Waals surface area contributed by atoms with Gasteiger partial charge in [-0.25, -0.2) is 0 Å². The van der Waals surface area contributed by atoms with Gasteiger partial charge in [0.2, 0.25) is 0 Å². The molecule has 0 heterocycles. The lowest BCUT2D eigenvalue weighted by Gasteiger charge is -2.01. The van der Waals surface area contributed by atoms with Gasteiger partial charge in [-0.15, -0.1) is 0 Å². The first-order valence-corrected chi connectivity index (χ1v) is 8.54. The van der Waals surface area contributed by atoms with Crippen LogP contribution in [-0.4, -0.2) is 17.0 Å². The minimum atomic E-state index is -0.657. The molecule has 0 aliphatic rings. The normalized spacial score (nSPS) is 9.55. The van der Waals surface area contributed by atoms with Crippen molar-refractivity contribution in [2.24, 2.45) is 0 Å². The van der Waals surface area contributed by atoms with E-state index < -0.39 is 5.97 Å². The van der Waals surface area contributed by atoms with Crippen LogP contribution in [0.5, 0.6) is 0 Å². The molecule has 0 saturated heterocycles. The number of carboxylic acids is 1. The quantitative estimate of drug-likeness (QED) is 0.278. The molecule has 0 aromatic rings. The molecule has 22 heavy (non-hydrogen) atoms. The minimum Gasteiger partial charge on any atom is -0.481 e. The summed E-state index contributed by atoms with van der Waals surface area (Å²) in [6.45, 7) is 6.73. The highest BCUT2D eigenvalue weighted by Crippen LogP contribution is 2.11. The maximum Gasteiger partial charge on any atom is 0.307 e. The van der Waals surface area contributed by atoms with Crippen molar-refractivity contribution in [1.29, 1.82) is 0 Å². The van der Waals surface area contributed by atoms with Gasteiger partial charge >= 0.3 is 11.9 Å². The molecule has 4 heteroatoms. The molecule has 0 fully saturated rings. The van der Waals surface area contributed by atoms with Gasteiger partial charge in [-0.2, -0.15) is 0 Å². The summed E-state index contributed by atoms with van der Waals surface area (Å²) in [6, 6.07) is 0. The fraction of sp³-hybridized carbons (Fsp3) is 0.778. The maximum absolute atomic E-state index is 10.3. The molecule has 130 valence electrons. The van der Waals surface area contributed by atoms with Gasteiger partial charge in [0, 0.05) is 13.3 Å². The highest BCUT2D eigenvalue weighted by molar-refractivity contribution is 5.66. The molecule has 0 aliphatic heterocycles. The number of ether oxygens (including phenoxy) is 1. The van der Waals surface area contributed by atoms with E-state index in [9.17, 15) is 9.59 Å². The Hall–Kier alpha value is -1.32. The maximum atomic E-state index is 10.3. The van der Waals surface area contributed by atoms with Crippen molar-refractivity contribution in [2.45, 2.75) is 90.9 Å². The van der Waals surface area contributed by atoms with Gasteiger partial charge < -0.3 is 9.84 Å². The number of aliphatic carboxylic acids is 1. The molecule has 0 amide bonds. The SMILES string of the molecule is C=COC(C)=O.CCCCCCCCCCCCCC(=O)O. The molecule has 0 unspecified atom stereocenters. The van der Waals surface area contributed by atoms with Crippen molar-refractivity contribution >= 4 is 11.9 Å². The average Bonchev–Trinajstić information content (AvgIpc) is 2.45. The van der Waals surface area contributed by atoms with Gasteiger partial charge in [0.1, 0.15) is 0 Å². The molecule has 0 spiro atoms. The standard InChI is InChI=1S/C14H28O2.C4H6O2/c1-2-3-4-5-6-7-8-9-10-11-12-13-14(15)16;1-3-6-4(2)5/h2-13H2,1H3,(H,15,16);3H,1H2,2H3. The zero-order chi connectivity index (χ0) is 17.1. The predicted molar refractivity (Wildman–Crippen MR) is 90.7 cm³/mol. The van der Waals surface area contributed by atoms with E-state index in [0.29, 0.717) is 6.42 Å². The van der Waals surface area contributed by atoms with E-state index in [4.69, 9.17) is 5.11 Å². The van der Waals surface area contributed by atoms with Crippen LogP contribution >= 0.6 is 0 Å². The fourth-order valence-corrected chi connectivity index (χ4v) is 2.06. The van der Waals surface area contributed by atoms with Crippen molar-refractivity contribution in [2.75, 3.05) is 0 Å². The van der Waals surface area contributed by atoms with Crippen molar-refractivity contribution < 1.29 is 19.4 Å². The number of carbonyl (C=O) groups is 2. The zero-order valence-corrected chi connectivity index (χ0v) is 14.4. The summed E-state index contributed by atoms with van der Waals surface area (Å²) in [5.41, 5.74) is 0. The Balaban J connectivity index is 0. The molecule has 0 radical (unpaired) electrons. The Kier molecular flexibility index (Phi) is 20.5. The molecule has 0 saturated carbocycles. The molecular weight excluding hydrogens is 280 g/mol. The number of rotatable bonds is 13. The van der Waals surface area contributed by atoms with Crippen molar-refractivity contribution in [3.8, 4) is 0 Å². The van der Waals surface area contributed by atoms with E-state index in [0.717, 1.165) is 19.1 Å². The molecular formula is C18H34O4. The lowest BCUT2D eigenvalue weighted by molar-refractivity contribution is -0.137. The second-order valence-corrected chi connectivity index (χ2v) is 5.46. The van der Waals surface area contributed by atoms with Crippen molar-refractivity contribution in [1.82, 2.24) is 0 Å².